The Labute approximate surface area is 219 Å². The molecule has 0 N–H and O–H groups in total. The average Bonchev–Trinajstić information content (AvgIpc) is 2.85. The molecule has 0 saturated heterocycles. The highest BCUT2D eigenvalue weighted by atomic mass is 14.4. The van der Waals surface area contributed by atoms with E-state index in [9.17, 15) is 0 Å². The van der Waals surface area contributed by atoms with E-state index < -0.39 is 0 Å². The highest BCUT2D eigenvalue weighted by molar-refractivity contribution is 4.87. The molecule has 0 aromatic heterocycles. The molecular formula is C34H70. The third-order valence-corrected chi connectivity index (χ3v) is 8.76. The monoisotopic (exact) mass is 479 g/mol. The lowest BCUT2D eigenvalue weighted by Gasteiger charge is -2.43. The van der Waals surface area contributed by atoms with Gasteiger partial charge in [0.1, 0.15) is 0 Å². The molecule has 1 unspecified atom stereocenters. The predicted octanol–water partition coefficient (Wildman–Crippen LogP) is 13.2. The van der Waals surface area contributed by atoms with Crippen molar-refractivity contribution in [2.45, 2.75) is 208 Å². The lowest BCUT2D eigenvalue weighted by atomic mass is 9.62. The van der Waals surface area contributed by atoms with Gasteiger partial charge in [-0.25, -0.2) is 0 Å². The number of hydrogen-bond acceptors (Lipinski definition) is 0. The minimum Gasteiger partial charge on any atom is -0.0654 e. The third-order valence-electron chi connectivity index (χ3n) is 8.76. The first-order valence-electron chi connectivity index (χ1n) is 16.7. The van der Waals surface area contributed by atoms with Crippen LogP contribution in [0.2, 0.25) is 0 Å². The van der Waals surface area contributed by atoms with Crippen molar-refractivity contribution in [1.82, 2.24) is 0 Å². The van der Waals surface area contributed by atoms with Crippen LogP contribution >= 0.6 is 0 Å². The molecule has 0 saturated carbocycles. The van der Waals surface area contributed by atoms with E-state index in [1.54, 1.807) is 19.3 Å². The summed E-state index contributed by atoms with van der Waals surface area (Å²) in [4.78, 5) is 0. The Bertz CT molecular complexity index is 339. The van der Waals surface area contributed by atoms with Crippen LogP contribution in [0.3, 0.4) is 0 Å². The van der Waals surface area contributed by atoms with Gasteiger partial charge in [-0.3, -0.25) is 0 Å². The molecule has 0 aliphatic carbocycles. The summed E-state index contributed by atoms with van der Waals surface area (Å²) >= 11 is 0. The quantitative estimate of drug-likeness (QED) is 0.0980. The number of unbranched alkanes of at least 4 members (excludes halogenated alkanes) is 17. The SMILES string of the molecule is CCCCCCCCC(CCCCCC)C(CCCCCC)(CCCCCC)CCCCCC. The first-order chi connectivity index (χ1) is 16.7. The van der Waals surface area contributed by atoms with E-state index in [1.807, 2.05) is 0 Å². The fourth-order valence-electron chi connectivity index (χ4n) is 6.44. The zero-order chi connectivity index (χ0) is 25.2. The Morgan fingerprint density at radius 3 is 0.941 bits per heavy atom. The number of hydrogen-bond donors (Lipinski definition) is 0. The molecule has 34 heavy (non-hydrogen) atoms. The highest BCUT2D eigenvalue weighted by Crippen LogP contribution is 2.48. The topological polar surface area (TPSA) is 0 Å². The molecule has 0 rings (SSSR count). The number of rotatable bonds is 28. The van der Waals surface area contributed by atoms with Gasteiger partial charge in [0.15, 0.2) is 0 Å². The van der Waals surface area contributed by atoms with Gasteiger partial charge >= 0.3 is 0 Å². The van der Waals surface area contributed by atoms with Crippen LogP contribution in [0, 0.1) is 11.3 Å². The molecule has 0 amide bonds. The molecular weight excluding hydrogens is 408 g/mol. The highest BCUT2D eigenvalue weighted by Gasteiger charge is 2.36. The zero-order valence-corrected chi connectivity index (χ0v) is 25.2. The maximum atomic E-state index is 2.37. The Hall–Kier alpha value is 0. The summed E-state index contributed by atoms with van der Waals surface area (Å²) in [6.45, 7) is 11.8. The van der Waals surface area contributed by atoms with Gasteiger partial charge in [0.2, 0.25) is 0 Å². The van der Waals surface area contributed by atoms with E-state index in [2.05, 4.69) is 34.6 Å². The summed E-state index contributed by atoms with van der Waals surface area (Å²) in [6, 6.07) is 0. The molecule has 0 radical (unpaired) electrons. The Kier molecular flexibility index (Phi) is 26.1. The van der Waals surface area contributed by atoms with Crippen molar-refractivity contribution in [3.8, 4) is 0 Å². The van der Waals surface area contributed by atoms with E-state index in [-0.39, 0.29) is 0 Å². The van der Waals surface area contributed by atoms with Crippen LogP contribution < -0.4 is 0 Å². The van der Waals surface area contributed by atoms with Gasteiger partial charge in [0.25, 0.3) is 0 Å². The van der Waals surface area contributed by atoms with Crippen LogP contribution in [0.4, 0.5) is 0 Å². The largest absolute Gasteiger partial charge is 0.0654 e. The molecule has 0 aliphatic heterocycles. The summed E-state index contributed by atoms with van der Waals surface area (Å²) < 4.78 is 0. The van der Waals surface area contributed by atoms with Crippen molar-refractivity contribution < 1.29 is 0 Å². The molecule has 0 nitrogen and oxygen atoms in total. The average molecular weight is 479 g/mol. The maximum absolute atomic E-state index is 2.37. The smallest absolute Gasteiger partial charge is 0.0269 e. The standard InChI is InChI=1S/C34H70/c1-6-11-16-21-22-24-29-33(28-23-17-12-7-2)34(30-25-18-13-8-3,31-26-19-14-9-4)32-27-20-15-10-5/h33H,6-32H2,1-5H3. The molecule has 0 heterocycles. The van der Waals surface area contributed by atoms with Crippen molar-refractivity contribution in [3.05, 3.63) is 0 Å². The molecule has 0 bridgehead atoms. The van der Waals surface area contributed by atoms with Gasteiger partial charge in [-0.15, -0.1) is 0 Å². The molecule has 0 aliphatic rings. The van der Waals surface area contributed by atoms with Gasteiger partial charge in [-0.1, -0.05) is 176 Å². The molecule has 206 valence electrons. The van der Waals surface area contributed by atoms with E-state index in [4.69, 9.17) is 0 Å². The van der Waals surface area contributed by atoms with Crippen molar-refractivity contribution in [2.24, 2.45) is 11.3 Å². The van der Waals surface area contributed by atoms with Gasteiger partial charge in [0, 0.05) is 0 Å². The van der Waals surface area contributed by atoms with Crippen molar-refractivity contribution in [3.63, 3.8) is 0 Å². The van der Waals surface area contributed by atoms with E-state index >= 15 is 0 Å². The van der Waals surface area contributed by atoms with Crippen LogP contribution in [0.15, 0.2) is 0 Å². The Morgan fingerprint density at radius 2 is 0.588 bits per heavy atom. The Morgan fingerprint density at radius 1 is 0.324 bits per heavy atom. The van der Waals surface area contributed by atoms with Crippen LogP contribution in [-0.2, 0) is 0 Å². The molecule has 0 heteroatoms. The zero-order valence-electron chi connectivity index (χ0n) is 25.2. The summed E-state index contributed by atoms with van der Waals surface area (Å²) in [5.41, 5.74) is 0.658. The van der Waals surface area contributed by atoms with E-state index in [0.29, 0.717) is 5.41 Å². The van der Waals surface area contributed by atoms with Crippen LogP contribution in [-0.4, -0.2) is 0 Å². The molecule has 0 aromatic carbocycles. The first-order valence-corrected chi connectivity index (χ1v) is 16.7. The molecule has 0 fully saturated rings. The van der Waals surface area contributed by atoms with Gasteiger partial charge < -0.3 is 0 Å². The molecule has 0 aromatic rings. The summed E-state index contributed by atoms with van der Waals surface area (Å²) in [6.07, 6.45) is 39.6. The molecule has 0 spiro atoms. The van der Waals surface area contributed by atoms with Gasteiger partial charge in [-0.2, -0.15) is 0 Å². The lowest BCUT2D eigenvalue weighted by molar-refractivity contribution is 0.0815. The summed E-state index contributed by atoms with van der Waals surface area (Å²) in [5.74, 6) is 1.00. The van der Waals surface area contributed by atoms with Gasteiger partial charge in [-0.05, 0) is 43.4 Å². The van der Waals surface area contributed by atoms with Crippen molar-refractivity contribution >= 4 is 0 Å². The van der Waals surface area contributed by atoms with Crippen LogP contribution in [0.25, 0.3) is 0 Å². The first kappa shape index (κ1) is 34.0. The summed E-state index contributed by atoms with van der Waals surface area (Å²) in [7, 11) is 0. The maximum Gasteiger partial charge on any atom is -0.0269 e. The molecule has 1 atom stereocenters. The normalized spacial score (nSPS) is 13.0. The second-order valence-corrected chi connectivity index (χ2v) is 11.9. The minimum absolute atomic E-state index is 0.658. The van der Waals surface area contributed by atoms with Gasteiger partial charge in [0.05, 0.1) is 0 Å². The van der Waals surface area contributed by atoms with E-state index in [0.717, 1.165) is 5.92 Å². The van der Waals surface area contributed by atoms with E-state index in [1.165, 1.54) is 154 Å². The van der Waals surface area contributed by atoms with Crippen LogP contribution in [0.1, 0.15) is 208 Å². The fourth-order valence-corrected chi connectivity index (χ4v) is 6.44. The third kappa shape index (κ3) is 18.3. The second kappa shape index (κ2) is 26.1. The van der Waals surface area contributed by atoms with Crippen LogP contribution in [0.5, 0.6) is 0 Å². The van der Waals surface area contributed by atoms with Crippen molar-refractivity contribution in [1.29, 1.82) is 0 Å². The Balaban J connectivity index is 5.43. The summed E-state index contributed by atoms with van der Waals surface area (Å²) in [5, 5.41) is 0. The second-order valence-electron chi connectivity index (χ2n) is 11.9. The lowest BCUT2D eigenvalue weighted by Crippen LogP contribution is -2.31. The van der Waals surface area contributed by atoms with Crippen molar-refractivity contribution in [2.75, 3.05) is 0 Å². The minimum atomic E-state index is 0.658. The fraction of sp³-hybridized carbons (Fsp3) is 1.00. The predicted molar refractivity (Wildman–Crippen MR) is 159 cm³/mol.